The summed E-state index contributed by atoms with van der Waals surface area (Å²) in [6, 6.07) is -2.24. The second-order valence-corrected chi connectivity index (χ2v) is 33.9. The third-order valence-electron chi connectivity index (χ3n) is 21.6. The largest absolute Gasteiger partial charge is 0.507 e. The molecule has 0 radical (unpaired) electrons. The number of ether oxygens (including phenoxy) is 6. The minimum Gasteiger partial charge on any atom is -0.507 e. The van der Waals surface area contributed by atoms with E-state index < -0.39 is 275 Å². The Balaban J connectivity index is 1.17. The molecule has 7 amide bonds. The Labute approximate surface area is 705 Å². The zero-order valence-electron chi connectivity index (χ0n) is 66.9. The van der Waals surface area contributed by atoms with Gasteiger partial charge in [0.15, 0.2) is 29.9 Å². The number of amides is 7. The van der Waals surface area contributed by atoms with Gasteiger partial charge in [-0.15, -0.1) is 0 Å². The van der Waals surface area contributed by atoms with Gasteiger partial charge in [0.2, 0.25) is 53.4 Å². The van der Waals surface area contributed by atoms with Gasteiger partial charge >= 0.3 is 13.6 Å². The Hall–Kier alpha value is -9.13. The minimum atomic E-state index is -4.85. The van der Waals surface area contributed by atoms with Gasteiger partial charge in [-0.2, -0.15) is 0 Å². The summed E-state index contributed by atoms with van der Waals surface area (Å²) in [6.45, 7) is 8.88. The standard InChI is InChI=1S/C80H106Cl2N11O27P/c1-6-7-8-9-10-11-12-13-20-85-21-22-87-80(5)32-58(115-37(4)71(80)103)119-70-68(102)67(101)56(34-94)118-79(70)120-69-54-28-41-29-55(69)117-53-19-16-40(27-46(53)82)65(99)64-77(109)91-62(78(110)111)43-30-50(96)44(33-86-35-121(112,113)114)66(100)59(43)42-26-39(15-17-49(42)95)60(74(106)93-64)90-75(107)61(41)89-73(105)48(31-57(84)98)88-76(108)63(92-72(104)47(83)23-36(2)3)51(97)25-38-14-18-52(116-54)45(81)24-38/h14-19,24,26-30,36-37,47-48,51,56,58,60-65,67-68,70-71,79,85-87,94-97,99-103H,6-13,20-23,25,31-35,83H2,1-5H3,(H2,84,98)(H,88,108)(H,89,105)(H,90,107)(H,91,109)(H,92,104)(H,93,106)(H,110,111)(H2,112,113,114). The summed E-state index contributed by atoms with van der Waals surface area (Å²) in [5, 5.41) is 141. The van der Waals surface area contributed by atoms with Crippen molar-refractivity contribution in [3.05, 3.63) is 116 Å². The lowest BCUT2D eigenvalue weighted by atomic mass is 9.85. The van der Waals surface area contributed by atoms with Crippen molar-refractivity contribution < 1.29 is 132 Å². The maximum Gasteiger partial charge on any atom is 0.339 e. The second kappa shape index (κ2) is 41.4. The Kier molecular flexibility index (Phi) is 32.2. The normalized spacial score (nSPS) is 26.8. The molecule has 5 aromatic rings. The molecule has 662 valence electrons. The summed E-state index contributed by atoms with van der Waals surface area (Å²) in [5.41, 5.74) is 7.13. The quantitative estimate of drug-likeness (QED) is 0.0241. The van der Waals surface area contributed by atoms with Crippen LogP contribution in [0.3, 0.4) is 0 Å². The molecule has 38 nitrogen and oxygen atoms in total. The molecule has 121 heavy (non-hydrogen) atoms. The SMILES string of the molecule is CCCCCCCCCCNCCNC1(C)CC(OC2C(Oc3c4cc5cc3Oc3ccc(cc3Cl)C(O)C3NC(=O)C(NC(=O)C5NC(=O)C(CC(N)=O)NC(=O)C(NC(=O)C(N)CC(C)C)C(O)Cc5ccc(c(Cl)c5)O4)c4ccc(O)c(c4)-c4c(cc(O)c(CNCP(=O)(O)O)c4O)C(C(=O)O)NC3=O)OC(CO)C(O)C2O)OC(C)C1O. The predicted molar refractivity (Wildman–Crippen MR) is 432 cm³/mol. The van der Waals surface area contributed by atoms with Crippen LogP contribution in [0.25, 0.3) is 11.1 Å². The van der Waals surface area contributed by atoms with Crippen molar-refractivity contribution in [3.63, 3.8) is 0 Å². The molecule has 7 aliphatic rings. The lowest BCUT2D eigenvalue weighted by Gasteiger charge is -2.48. The highest BCUT2D eigenvalue weighted by atomic mass is 35.5. The fourth-order valence-corrected chi connectivity index (χ4v) is 16.0. The summed E-state index contributed by atoms with van der Waals surface area (Å²) in [6.07, 6.45) is -11.0. The number of unbranched alkanes of at least 4 members (excludes halogenated alkanes) is 7. The first-order valence-electron chi connectivity index (χ1n) is 39.8. The number of carbonyl (C=O) groups excluding carboxylic acids is 7. The van der Waals surface area contributed by atoms with Crippen molar-refractivity contribution >= 4 is 78.1 Å². The maximum absolute atomic E-state index is 16.3. The topological polar surface area (TPSA) is 612 Å². The number of benzene rings is 5. The van der Waals surface area contributed by atoms with Gasteiger partial charge in [-0.1, -0.05) is 107 Å². The zero-order valence-corrected chi connectivity index (χ0v) is 69.3. The van der Waals surface area contributed by atoms with E-state index in [1.807, 2.05) is 0 Å². The fraction of sp³-hybridized carbons (Fsp3) is 0.525. The number of halogens is 2. The molecule has 18 atom stereocenters. The molecule has 0 aliphatic carbocycles. The van der Waals surface area contributed by atoms with Crippen LogP contribution in [-0.2, 0) is 70.1 Å². The summed E-state index contributed by atoms with van der Waals surface area (Å²) in [4.78, 5) is 138. The summed E-state index contributed by atoms with van der Waals surface area (Å²) in [7, 11) is -4.85. The molecule has 7 aliphatic heterocycles. The lowest BCUT2D eigenvalue weighted by molar-refractivity contribution is -0.334. The second-order valence-electron chi connectivity index (χ2n) is 31.5. The van der Waals surface area contributed by atoms with Crippen LogP contribution in [-0.4, -0.2) is 226 Å². The lowest BCUT2D eigenvalue weighted by Crippen LogP contribution is -2.65. The highest BCUT2D eigenvalue weighted by molar-refractivity contribution is 7.51. The number of carboxylic acids is 1. The fourth-order valence-electron chi connectivity index (χ4n) is 15.1. The van der Waals surface area contributed by atoms with Gasteiger partial charge in [-0.05, 0) is 116 Å². The number of rotatable bonds is 29. The number of fused-ring (bicyclic) bond motifs is 16. The number of aliphatic carboxylic acids is 1. The van der Waals surface area contributed by atoms with Crippen LogP contribution in [0.15, 0.2) is 72.8 Å². The third-order valence-corrected chi connectivity index (χ3v) is 22.8. The van der Waals surface area contributed by atoms with E-state index in [4.69, 9.17) is 63.1 Å². The molecule has 25 N–H and O–H groups in total. The van der Waals surface area contributed by atoms with E-state index in [0.29, 0.717) is 13.1 Å². The molecule has 2 saturated heterocycles. The Morgan fingerprint density at radius 3 is 1.98 bits per heavy atom. The number of aliphatic hydroxyl groups is 6. The van der Waals surface area contributed by atoms with E-state index in [1.54, 1.807) is 27.7 Å². The number of hydrogen-bond donors (Lipinski definition) is 23. The number of carbonyl (C=O) groups is 8. The van der Waals surface area contributed by atoms with Gasteiger partial charge in [-0.25, -0.2) is 4.79 Å². The molecular formula is C80H106Cl2N11O27P. The molecule has 0 saturated carbocycles. The number of nitrogens with one attached hydrogen (secondary N) is 9. The predicted octanol–water partition coefficient (Wildman–Crippen LogP) is 2.30. The number of aromatic hydroxyl groups is 3. The molecule has 5 aromatic carbocycles. The van der Waals surface area contributed by atoms with E-state index >= 15 is 19.2 Å². The Morgan fingerprint density at radius 1 is 0.711 bits per heavy atom. The van der Waals surface area contributed by atoms with Crippen molar-refractivity contribution in [2.24, 2.45) is 17.4 Å². The number of aliphatic hydroxyl groups excluding tert-OH is 6. The van der Waals surface area contributed by atoms with E-state index in [0.717, 1.165) is 80.4 Å². The highest BCUT2D eigenvalue weighted by Crippen LogP contribution is 2.51. The number of hydrogen-bond acceptors (Lipinski definition) is 28. The number of primary amides is 1. The highest BCUT2D eigenvalue weighted by Gasteiger charge is 2.52. The number of carboxylic acid groups (broad SMARTS) is 1. The number of phenols is 3. The van der Waals surface area contributed by atoms with E-state index in [1.165, 1.54) is 50.3 Å². The van der Waals surface area contributed by atoms with Gasteiger partial charge in [0.25, 0.3) is 0 Å². The van der Waals surface area contributed by atoms with Gasteiger partial charge in [0.1, 0.15) is 83.4 Å². The van der Waals surface area contributed by atoms with Crippen molar-refractivity contribution in [1.82, 2.24) is 47.9 Å². The van der Waals surface area contributed by atoms with E-state index in [2.05, 4.69) is 54.8 Å². The summed E-state index contributed by atoms with van der Waals surface area (Å²) in [5.74, 6) is -17.2. The monoisotopic (exact) mass is 1750 g/mol. The first kappa shape index (κ1) is 94.1. The maximum atomic E-state index is 16.3. The van der Waals surface area contributed by atoms with Gasteiger partial charge in [0.05, 0.1) is 59.3 Å². The van der Waals surface area contributed by atoms with Crippen LogP contribution in [0.4, 0.5) is 0 Å². The van der Waals surface area contributed by atoms with E-state index in [-0.39, 0.29) is 40.7 Å². The zero-order chi connectivity index (χ0) is 88.2. The molecule has 2 fully saturated rings. The van der Waals surface area contributed by atoms with Crippen LogP contribution in [0.2, 0.25) is 10.0 Å². The van der Waals surface area contributed by atoms with Gasteiger partial charge < -0.3 is 149 Å². The third kappa shape index (κ3) is 23.4. The van der Waals surface area contributed by atoms with Crippen LogP contribution >= 0.6 is 30.8 Å². The number of nitrogens with two attached hydrogens (primary N) is 2. The smallest absolute Gasteiger partial charge is 0.339 e. The first-order chi connectivity index (χ1) is 57.3. The number of phenolic OH excluding ortho intramolecular Hbond substituents is 3. The molecule has 18 unspecified atom stereocenters. The van der Waals surface area contributed by atoms with Crippen molar-refractivity contribution in [2.75, 3.05) is 32.5 Å². The molecule has 41 heteroatoms. The van der Waals surface area contributed by atoms with Crippen molar-refractivity contribution in [3.8, 4) is 57.1 Å². The first-order valence-corrected chi connectivity index (χ1v) is 42.3. The Bertz CT molecular complexity index is 4650. The van der Waals surface area contributed by atoms with Gasteiger partial charge in [0, 0.05) is 54.7 Å². The van der Waals surface area contributed by atoms with Crippen LogP contribution in [0, 0.1) is 5.92 Å². The van der Waals surface area contributed by atoms with Crippen LogP contribution in [0.5, 0.6) is 46.0 Å². The van der Waals surface area contributed by atoms with Crippen molar-refractivity contribution in [1.29, 1.82) is 0 Å². The molecular weight excluding hydrogens is 1650 g/mol. The van der Waals surface area contributed by atoms with E-state index in [9.17, 15) is 84.6 Å². The molecule has 11 bridgehead atoms. The summed E-state index contributed by atoms with van der Waals surface area (Å²) < 4.78 is 51.4. The molecule has 12 rings (SSSR count). The van der Waals surface area contributed by atoms with Crippen molar-refractivity contribution in [2.45, 2.75) is 227 Å². The molecule has 0 spiro atoms. The van der Waals surface area contributed by atoms with Gasteiger partial charge in [-0.3, -0.25) is 38.1 Å². The molecule has 0 aromatic heterocycles. The van der Waals surface area contributed by atoms with Crippen LogP contribution in [0.1, 0.15) is 163 Å². The minimum absolute atomic E-state index is 0.0738. The average Bonchev–Trinajstić information content (AvgIpc) is 0.813. The summed E-state index contributed by atoms with van der Waals surface area (Å²) >= 11 is 14.3. The van der Waals surface area contributed by atoms with Crippen LogP contribution < -0.4 is 73.5 Å². The Morgan fingerprint density at radius 2 is 1.35 bits per heavy atom. The molecule has 7 heterocycles. The average molecular weight is 1760 g/mol.